The Morgan fingerprint density at radius 2 is 1.72 bits per heavy atom. The zero-order chi connectivity index (χ0) is 18.1. The molecular formula is C20H21NO4. The summed E-state index contributed by atoms with van der Waals surface area (Å²) in [6, 6.07) is 16.1. The third-order valence-electron chi connectivity index (χ3n) is 3.64. The molecule has 0 heterocycles. The maximum absolute atomic E-state index is 12.2. The highest BCUT2D eigenvalue weighted by atomic mass is 16.5. The van der Waals surface area contributed by atoms with Crippen LogP contribution in [0.3, 0.4) is 0 Å². The number of benzene rings is 2. The molecule has 0 aliphatic carbocycles. The van der Waals surface area contributed by atoms with E-state index in [1.807, 2.05) is 54.6 Å². The standard InChI is InChI=1S/C20H21NO4/c1-24-18-11-7-6-10-16(18)12-13-19(22)21-17(20(23)25-2)14-15-8-4-3-5-9-15/h3-13,17H,14H2,1-2H3,(H,21,22)/b13-12+/t17-/m0/s1. The van der Waals surface area contributed by atoms with Gasteiger partial charge in [0.15, 0.2) is 0 Å². The summed E-state index contributed by atoms with van der Waals surface area (Å²) in [4.78, 5) is 24.1. The molecule has 1 atom stereocenters. The molecular weight excluding hydrogens is 318 g/mol. The van der Waals surface area contributed by atoms with Gasteiger partial charge in [0, 0.05) is 18.1 Å². The lowest BCUT2D eigenvalue weighted by molar-refractivity contribution is -0.144. The Morgan fingerprint density at radius 3 is 2.40 bits per heavy atom. The van der Waals surface area contributed by atoms with Crippen LogP contribution in [-0.4, -0.2) is 32.1 Å². The van der Waals surface area contributed by atoms with Gasteiger partial charge in [0.05, 0.1) is 14.2 Å². The number of hydrogen-bond acceptors (Lipinski definition) is 4. The van der Waals surface area contributed by atoms with Crippen LogP contribution in [0.2, 0.25) is 0 Å². The molecule has 0 radical (unpaired) electrons. The molecule has 0 aromatic heterocycles. The molecule has 0 spiro atoms. The average Bonchev–Trinajstić information content (AvgIpc) is 2.66. The van der Waals surface area contributed by atoms with Crippen molar-refractivity contribution in [3.05, 3.63) is 71.8 Å². The van der Waals surface area contributed by atoms with Crippen molar-refractivity contribution in [1.82, 2.24) is 5.32 Å². The summed E-state index contributed by atoms with van der Waals surface area (Å²) in [5.74, 6) is -0.194. The van der Waals surface area contributed by atoms with Crippen LogP contribution in [0.5, 0.6) is 5.75 Å². The van der Waals surface area contributed by atoms with Gasteiger partial charge in [0.2, 0.25) is 5.91 Å². The predicted octanol–water partition coefficient (Wildman–Crippen LogP) is 2.61. The number of carbonyl (C=O) groups excluding carboxylic acids is 2. The smallest absolute Gasteiger partial charge is 0.328 e. The fourth-order valence-corrected chi connectivity index (χ4v) is 2.37. The molecule has 0 aliphatic rings. The van der Waals surface area contributed by atoms with Gasteiger partial charge in [-0.3, -0.25) is 4.79 Å². The molecule has 1 amide bonds. The Bertz CT molecular complexity index is 740. The van der Waals surface area contributed by atoms with Gasteiger partial charge >= 0.3 is 5.97 Å². The second kappa shape index (κ2) is 9.27. The fourth-order valence-electron chi connectivity index (χ4n) is 2.37. The minimum Gasteiger partial charge on any atom is -0.496 e. The fraction of sp³-hybridized carbons (Fsp3) is 0.200. The van der Waals surface area contributed by atoms with Gasteiger partial charge in [0.25, 0.3) is 0 Å². The maximum atomic E-state index is 12.2. The minimum absolute atomic E-state index is 0.363. The van der Waals surface area contributed by atoms with E-state index in [1.165, 1.54) is 13.2 Å². The summed E-state index contributed by atoms with van der Waals surface area (Å²) in [7, 11) is 2.87. The minimum atomic E-state index is -0.748. The van der Waals surface area contributed by atoms with Gasteiger partial charge in [-0.2, -0.15) is 0 Å². The van der Waals surface area contributed by atoms with E-state index in [0.29, 0.717) is 12.2 Å². The van der Waals surface area contributed by atoms with Crippen molar-refractivity contribution in [2.24, 2.45) is 0 Å². The lowest BCUT2D eigenvalue weighted by atomic mass is 10.1. The first-order valence-electron chi connectivity index (χ1n) is 7.87. The molecule has 25 heavy (non-hydrogen) atoms. The monoisotopic (exact) mass is 339 g/mol. The summed E-state index contributed by atoms with van der Waals surface area (Å²) >= 11 is 0. The Balaban J connectivity index is 2.06. The summed E-state index contributed by atoms with van der Waals surface area (Å²) in [5.41, 5.74) is 1.71. The number of amides is 1. The molecule has 0 unspecified atom stereocenters. The molecule has 0 saturated heterocycles. The van der Waals surface area contributed by atoms with E-state index >= 15 is 0 Å². The highest BCUT2D eigenvalue weighted by Crippen LogP contribution is 2.18. The summed E-state index contributed by atoms with van der Waals surface area (Å²) in [6.07, 6.45) is 3.38. The largest absolute Gasteiger partial charge is 0.496 e. The highest BCUT2D eigenvalue weighted by Gasteiger charge is 2.21. The number of hydrogen-bond donors (Lipinski definition) is 1. The molecule has 2 rings (SSSR count). The summed E-state index contributed by atoms with van der Waals surface area (Å²) in [5, 5.41) is 2.68. The first-order chi connectivity index (χ1) is 12.1. The van der Waals surface area contributed by atoms with Crippen LogP contribution in [-0.2, 0) is 20.7 Å². The number of ether oxygens (including phenoxy) is 2. The highest BCUT2D eigenvalue weighted by molar-refractivity contribution is 5.95. The first kappa shape index (κ1) is 18.3. The zero-order valence-electron chi connectivity index (χ0n) is 14.3. The number of carbonyl (C=O) groups is 2. The molecule has 0 fully saturated rings. The van der Waals surface area contributed by atoms with Crippen molar-refractivity contribution in [3.8, 4) is 5.75 Å². The van der Waals surface area contributed by atoms with E-state index < -0.39 is 12.0 Å². The van der Waals surface area contributed by atoms with Crippen LogP contribution in [0.4, 0.5) is 0 Å². The third-order valence-corrected chi connectivity index (χ3v) is 3.64. The lowest BCUT2D eigenvalue weighted by Gasteiger charge is -2.15. The predicted molar refractivity (Wildman–Crippen MR) is 96.1 cm³/mol. The second-order valence-electron chi connectivity index (χ2n) is 5.35. The molecule has 0 bridgehead atoms. The van der Waals surface area contributed by atoms with Crippen molar-refractivity contribution < 1.29 is 19.1 Å². The van der Waals surface area contributed by atoms with Crippen molar-refractivity contribution in [1.29, 1.82) is 0 Å². The van der Waals surface area contributed by atoms with E-state index in [-0.39, 0.29) is 5.91 Å². The van der Waals surface area contributed by atoms with E-state index in [4.69, 9.17) is 9.47 Å². The van der Waals surface area contributed by atoms with Crippen molar-refractivity contribution in [2.75, 3.05) is 14.2 Å². The lowest BCUT2D eigenvalue weighted by Crippen LogP contribution is -2.42. The first-order valence-corrected chi connectivity index (χ1v) is 7.87. The summed E-state index contributed by atoms with van der Waals surface area (Å²) in [6.45, 7) is 0. The molecule has 0 saturated carbocycles. The Labute approximate surface area is 147 Å². The molecule has 0 aliphatic heterocycles. The normalized spacial score (nSPS) is 11.8. The second-order valence-corrected chi connectivity index (χ2v) is 5.35. The Hall–Kier alpha value is -3.08. The van der Waals surface area contributed by atoms with E-state index in [0.717, 1.165) is 11.1 Å². The average molecular weight is 339 g/mol. The third kappa shape index (κ3) is 5.49. The number of rotatable bonds is 7. The molecule has 130 valence electrons. The Morgan fingerprint density at radius 1 is 1.04 bits per heavy atom. The van der Waals surface area contributed by atoms with Gasteiger partial charge in [0.1, 0.15) is 11.8 Å². The topological polar surface area (TPSA) is 64.6 Å². The van der Waals surface area contributed by atoms with Crippen molar-refractivity contribution >= 4 is 18.0 Å². The van der Waals surface area contributed by atoms with Crippen molar-refractivity contribution in [2.45, 2.75) is 12.5 Å². The van der Waals surface area contributed by atoms with Gasteiger partial charge in [-0.05, 0) is 17.7 Å². The van der Waals surface area contributed by atoms with Gasteiger partial charge in [-0.15, -0.1) is 0 Å². The van der Waals surface area contributed by atoms with Crippen LogP contribution in [0.25, 0.3) is 6.08 Å². The van der Waals surface area contributed by atoms with Gasteiger partial charge in [-0.1, -0.05) is 48.5 Å². The summed E-state index contributed by atoms with van der Waals surface area (Å²) < 4.78 is 10.0. The van der Waals surface area contributed by atoms with E-state index in [1.54, 1.807) is 13.2 Å². The van der Waals surface area contributed by atoms with Crippen LogP contribution in [0.1, 0.15) is 11.1 Å². The van der Waals surface area contributed by atoms with Gasteiger partial charge < -0.3 is 14.8 Å². The number of nitrogens with one attached hydrogen (secondary N) is 1. The molecule has 5 nitrogen and oxygen atoms in total. The molecule has 5 heteroatoms. The zero-order valence-corrected chi connectivity index (χ0v) is 14.3. The molecule has 2 aromatic rings. The van der Waals surface area contributed by atoms with E-state index in [2.05, 4.69) is 5.32 Å². The Kier molecular flexibility index (Phi) is 6.77. The van der Waals surface area contributed by atoms with E-state index in [9.17, 15) is 9.59 Å². The molecule has 1 N–H and O–H groups in total. The number of para-hydroxylation sites is 1. The van der Waals surface area contributed by atoms with Crippen LogP contribution < -0.4 is 10.1 Å². The quantitative estimate of drug-likeness (QED) is 0.622. The van der Waals surface area contributed by atoms with Crippen LogP contribution >= 0.6 is 0 Å². The van der Waals surface area contributed by atoms with Gasteiger partial charge in [-0.25, -0.2) is 4.79 Å². The van der Waals surface area contributed by atoms with Crippen LogP contribution in [0.15, 0.2) is 60.7 Å². The number of esters is 1. The SMILES string of the molecule is COC(=O)[C@H](Cc1ccccc1)NC(=O)/C=C/c1ccccc1OC. The maximum Gasteiger partial charge on any atom is 0.328 e. The van der Waals surface area contributed by atoms with Crippen molar-refractivity contribution in [3.63, 3.8) is 0 Å². The molecule has 2 aromatic carbocycles. The van der Waals surface area contributed by atoms with Crippen LogP contribution in [0, 0.1) is 0 Å². The number of methoxy groups -OCH3 is 2.